The van der Waals surface area contributed by atoms with Gasteiger partial charge in [-0.25, -0.2) is 14.4 Å². The number of aliphatic hydroxyl groups is 2. The zero-order valence-corrected chi connectivity index (χ0v) is 22.4. The van der Waals surface area contributed by atoms with Crippen molar-refractivity contribution in [2.24, 2.45) is 0 Å². The van der Waals surface area contributed by atoms with E-state index in [9.17, 15) is 20.0 Å². The first-order valence-corrected chi connectivity index (χ1v) is 14.0. The highest BCUT2D eigenvalue weighted by Crippen LogP contribution is 2.38. The lowest BCUT2D eigenvalue weighted by Crippen LogP contribution is -2.11. The molecule has 2 aromatic heterocycles. The fourth-order valence-electron chi connectivity index (χ4n) is 3.82. The maximum atomic E-state index is 13.2. The Morgan fingerprint density at radius 2 is 1.69 bits per heavy atom. The fourth-order valence-corrected chi connectivity index (χ4v) is 5.54. The fraction of sp³-hybridized carbons (Fsp3) is 0.214. The number of thioether (sulfide) groups is 1. The van der Waals surface area contributed by atoms with Crippen molar-refractivity contribution in [3.8, 4) is 23.3 Å². The highest BCUT2D eigenvalue weighted by Gasteiger charge is 2.22. The van der Waals surface area contributed by atoms with Gasteiger partial charge in [-0.1, -0.05) is 36.0 Å². The second kappa shape index (κ2) is 13.7. The number of nitrogens with zero attached hydrogens (tertiary/aromatic N) is 4. The third kappa shape index (κ3) is 7.11. The summed E-state index contributed by atoms with van der Waals surface area (Å²) >= 11 is 2.74. The zero-order valence-electron chi connectivity index (χ0n) is 20.8. The SMILES string of the molecule is N#Cc1c(NCCO)nc(SCc2csc(Nc3ccc(F)cc3)n2)c(C#N)c1-c1ccc(CCCO)cc1. The van der Waals surface area contributed by atoms with Crippen LogP contribution < -0.4 is 10.6 Å². The van der Waals surface area contributed by atoms with E-state index >= 15 is 0 Å². The number of benzene rings is 2. The Kier molecular flexibility index (Phi) is 9.84. The van der Waals surface area contributed by atoms with Crippen LogP contribution in [0.2, 0.25) is 0 Å². The molecule has 0 amide bonds. The molecule has 0 saturated carbocycles. The first-order valence-electron chi connectivity index (χ1n) is 12.1. The number of hydrogen-bond donors (Lipinski definition) is 4. The monoisotopic (exact) mass is 560 g/mol. The average Bonchev–Trinajstić information content (AvgIpc) is 3.41. The molecule has 0 aliphatic rings. The van der Waals surface area contributed by atoms with Crippen LogP contribution >= 0.6 is 23.1 Å². The van der Waals surface area contributed by atoms with Gasteiger partial charge in [0.25, 0.3) is 0 Å². The highest BCUT2D eigenvalue weighted by molar-refractivity contribution is 7.98. The largest absolute Gasteiger partial charge is 0.396 e. The standard InChI is InChI=1S/C28H25FN6O2S2/c29-20-7-9-21(10-8-20)33-28-34-22(17-39-28)16-38-27-24(15-31)25(23(14-30)26(35-27)32-11-13-37)19-5-3-18(4-6-19)2-1-12-36/h3-10,17,36-37H,1-2,11-13,16H2,(H,32,35)(H,33,34). The molecule has 11 heteroatoms. The predicted octanol–water partition coefficient (Wildman–Crippen LogP) is 5.45. The van der Waals surface area contributed by atoms with Gasteiger partial charge in [0.1, 0.15) is 34.4 Å². The molecular weight excluding hydrogens is 535 g/mol. The molecule has 4 N–H and O–H groups in total. The normalized spacial score (nSPS) is 10.6. The second-order valence-corrected chi connectivity index (χ2v) is 10.2. The Labute approximate surface area is 233 Å². The summed E-state index contributed by atoms with van der Waals surface area (Å²) < 4.78 is 13.2. The maximum Gasteiger partial charge on any atom is 0.187 e. The smallest absolute Gasteiger partial charge is 0.187 e. The summed E-state index contributed by atoms with van der Waals surface area (Å²) in [4.78, 5) is 9.17. The van der Waals surface area contributed by atoms with Gasteiger partial charge in [-0.15, -0.1) is 11.3 Å². The molecule has 0 atom stereocenters. The first-order chi connectivity index (χ1) is 19.1. The van der Waals surface area contributed by atoms with E-state index in [2.05, 4.69) is 32.7 Å². The van der Waals surface area contributed by atoms with Crippen molar-refractivity contribution in [3.63, 3.8) is 0 Å². The van der Waals surface area contributed by atoms with Crippen LogP contribution in [-0.2, 0) is 12.2 Å². The van der Waals surface area contributed by atoms with Crippen LogP contribution in [0.15, 0.2) is 58.9 Å². The van der Waals surface area contributed by atoms with Crippen molar-refractivity contribution in [1.29, 1.82) is 10.5 Å². The first kappa shape index (κ1) is 28.0. The number of aromatic nitrogens is 2. The zero-order chi connectivity index (χ0) is 27.6. The van der Waals surface area contributed by atoms with Gasteiger partial charge in [0.05, 0.1) is 17.9 Å². The lowest BCUT2D eigenvalue weighted by molar-refractivity contribution is 0.288. The van der Waals surface area contributed by atoms with E-state index in [1.54, 1.807) is 12.1 Å². The number of thiazole rings is 1. The third-order valence-electron chi connectivity index (χ3n) is 5.66. The summed E-state index contributed by atoms with van der Waals surface area (Å²) in [5.41, 5.74) is 4.22. The third-order valence-corrected chi connectivity index (χ3v) is 7.48. The minimum absolute atomic E-state index is 0.104. The van der Waals surface area contributed by atoms with Crippen LogP contribution in [-0.4, -0.2) is 39.9 Å². The van der Waals surface area contributed by atoms with Crippen molar-refractivity contribution >= 4 is 39.7 Å². The molecule has 0 bridgehead atoms. The van der Waals surface area contributed by atoms with E-state index in [0.29, 0.717) is 39.3 Å². The Morgan fingerprint density at radius 1 is 0.949 bits per heavy atom. The van der Waals surface area contributed by atoms with Crippen LogP contribution in [0.4, 0.5) is 21.0 Å². The minimum atomic E-state index is -0.315. The molecule has 0 aliphatic carbocycles. The minimum Gasteiger partial charge on any atom is -0.396 e. The molecule has 0 radical (unpaired) electrons. The molecule has 2 heterocycles. The molecule has 198 valence electrons. The molecule has 0 spiro atoms. The van der Waals surface area contributed by atoms with Crippen LogP contribution in [0.1, 0.15) is 28.8 Å². The van der Waals surface area contributed by atoms with E-state index in [-0.39, 0.29) is 36.7 Å². The topological polar surface area (TPSA) is 138 Å². The van der Waals surface area contributed by atoms with Gasteiger partial charge in [0.15, 0.2) is 5.13 Å². The van der Waals surface area contributed by atoms with Gasteiger partial charge in [-0.05, 0) is 48.2 Å². The van der Waals surface area contributed by atoms with E-state index < -0.39 is 0 Å². The van der Waals surface area contributed by atoms with E-state index in [4.69, 9.17) is 5.11 Å². The van der Waals surface area contributed by atoms with Gasteiger partial charge in [-0.2, -0.15) is 10.5 Å². The maximum absolute atomic E-state index is 13.2. The number of anilines is 3. The molecule has 0 fully saturated rings. The number of halogens is 1. The number of aryl methyl sites for hydroxylation is 1. The summed E-state index contributed by atoms with van der Waals surface area (Å²) in [6.45, 7) is 0.154. The Morgan fingerprint density at radius 3 is 2.36 bits per heavy atom. The van der Waals surface area contributed by atoms with E-state index in [1.165, 1.54) is 35.2 Å². The number of pyridine rings is 1. The van der Waals surface area contributed by atoms with Crippen molar-refractivity contribution in [3.05, 3.63) is 82.1 Å². The summed E-state index contributed by atoms with van der Waals surface area (Å²) in [5, 5.41) is 47.8. The summed E-state index contributed by atoms with van der Waals surface area (Å²) in [5.74, 6) is 0.405. The van der Waals surface area contributed by atoms with E-state index in [0.717, 1.165) is 23.4 Å². The van der Waals surface area contributed by atoms with Crippen LogP contribution in [0.5, 0.6) is 0 Å². The van der Waals surface area contributed by atoms with Crippen molar-refractivity contribution in [1.82, 2.24) is 9.97 Å². The lowest BCUT2D eigenvalue weighted by atomic mass is 9.95. The molecule has 0 aliphatic heterocycles. The van der Waals surface area contributed by atoms with Crippen LogP contribution in [0, 0.1) is 28.5 Å². The average molecular weight is 561 g/mol. The number of nitriles is 2. The summed E-state index contributed by atoms with van der Waals surface area (Å²) in [7, 11) is 0. The van der Waals surface area contributed by atoms with E-state index in [1.807, 2.05) is 29.6 Å². The number of nitrogens with one attached hydrogen (secondary N) is 2. The summed E-state index contributed by atoms with van der Waals surface area (Å²) in [6.07, 6.45) is 1.37. The Bertz CT molecular complexity index is 1490. The predicted molar refractivity (Wildman–Crippen MR) is 151 cm³/mol. The molecule has 4 aromatic rings. The van der Waals surface area contributed by atoms with Crippen LogP contribution in [0.25, 0.3) is 11.1 Å². The molecular formula is C28H25FN6O2S2. The van der Waals surface area contributed by atoms with Gasteiger partial charge < -0.3 is 20.8 Å². The van der Waals surface area contributed by atoms with Gasteiger partial charge in [0, 0.05) is 35.5 Å². The molecule has 0 unspecified atom stereocenters. The van der Waals surface area contributed by atoms with Crippen LogP contribution in [0.3, 0.4) is 0 Å². The second-order valence-electron chi connectivity index (χ2n) is 8.35. The number of hydrogen-bond acceptors (Lipinski definition) is 10. The van der Waals surface area contributed by atoms with Crippen molar-refractivity contribution < 1.29 is 14.6 Å². The van der Waals surface area contributed by atoms with Crippen molar-refractivity contribution in [2.45, 2.75) is 23.6 Å². The number of rotatable bonds is 12. The molecule has 0 saturated heterocycles. The highest BCUT2D eigenvalue weighted by atomic mass is 32.2. The molecule has 39 heavy (non-hydrogen) atoms. The van der Waals surface area contributed by atoms with Crippen molar-refractivity contribution in [2.75, 3.05) is 30.4 Å². The number of aliphatic hydroxyl groups excluding tert-OH is 2. The van der Waals surface area contributed by atoms with Gasteiger partial charge in [0.2, 0.25) is 0 Å². The lowest BCUT2D eigenvalue weighted by Gasteiger charge is -2.16. The van der Waals surface area contributed by atoms with Gasteiger partial charge in [-0.3, -0.25) is 0 Å². The molecule has 2 aromatic carbocycles. The quantitative estimate of drug-likeness (QED) is 0.167. The Balaban J connectivity index is 1.63. The Hall–Kier alpha value is -4.00. The molecule has 4 rings (SSSR count). The van der Waals surface area contributed by atoms with Gasteiger partial charge >= 0.3 is 0 Å². The summed E-state index contributed by atoms with van der Waals surface area (Å²) in [6, 6.07) is 18.0. The molecule has 8 nitrogen and oxygen atoms in total.